The summed E-state index contributed by atoms with van der Waals surface area (Å²) in [6.45, 7) is 0.484. The molecule has 3 fully saturated rings. The van der Waals surface area contributed by atoms with Crippen molar-refractivity contribution in [3.63, 3.8) is 0 Å². The van der Waals surface area contributed by atoms with Crippen LogP contribution in [-0.4, -0.2) is 69.0 Å². The van der Waals surface area contributed by atoms with E-state index in [4.69, 9.17) is 4.74 Å². The van der Waals surface area contributed by atoms with E-state index in [9.17, 15) is 19.2 Å². The summed E-state index contributed by atoms with van der Waals surface area (Å²) < 4.78 is 5.48. The van der Waals surface area contributed by atoms with E-state index in [1.165, 1.54) is 0 Å². The maximum Gasteiger partial charge on any atom is 0.271 e. The second kappa shape index (κ2) is 11.0. The predicted octanol–water partition coefficient (Wildman–Crippen LogP) is 4.42. The molecule has 2 aromatic heterocycles. The smallest absolute Gasteiger partial charge is 0.271 e. The van der Waals surface area contributed by atoms with Crippen LogP contribution in [0.5, 0.6) is 5.75 Å². The average Bonchev–Trinajstić information content (AvgIpc) is 3.83. The molecule has 0 unspecified atom stereocenters. The lowest BCUT2D eigenvalue weighted by molar-refractivity contribution is -0.127. The van der Waals surface area contributed by atoms with Crippen molar-refractivity contribution in [2.24, 2.45) is 17.8 Å². The van der Waals surface area contributed by atoms with Crippen molar-refractivity contribution in [3.05, 3.63) is 60.0 Å². The summed E-state index contributed by atoms with van der Waals surface area (Å²) in [7, 11) is 1.59. The minimum absolute atomic E-state index is 0.0120. The molecule has 1 aliphatic heterocycles. The first kappa shape index (κ1) is 27.4. The number of aromatic nitrogens is 3. The van der Waals surface area contributed by atoms with Crippen molar-refractivity contribution in [2.45, 2.75) is 57.0 Å². The van der Waals surface area contributed by atoms with Crippen molar-refractivity contribution in [1.82, 2.24) is 25.2 Å². The van der Waals surface area contributed by atoms with Gasteiger partial charge in [-0.1, -0.05) is 24.6 Å². The van der Waals surface area contributed by atoms with E-state index in [-0.39, 0.29) is 53.4 Å². The number of para-hydroxylation sites is 2. The van der Waals surface area contributed by atoms with E-state index >= 15 is 0 Å². The first-order chi connectivity index (χ1) is 20.9. The molecule has 2 amide bonds. The van der Waals surface area contributed by atoms with Gasteiger partial charge in [0.15, 0.2) is 5.82 Å². The normalized spacial score (nSPS) is 24.0. The molecule has 1 saturated heterocycles. The van der Waals surface area contributed by atoms with Gasteiger partial charge < -0.3 is 24.9 Å². The summed E-state index contributed by atoms with van der Waals surface area (Å²) in [6.07, 6.45) is 4.99. The molecule has 3 N–H and O–H groups in total. The van der Waals surface area contributed by atoms with Crippen LogP contribution < -0.4 is 10.1 Å². The summed E-state index contributed by atoms with van der Waals surface area (Å²) in [4.78, 5) is 67.1. The number of nitrogens with one attached hydrogen (secondary N) is 3. The number of benzene rings is 2. The highest BCUT2D eigenvalue weighted by atomic mass is 16.5. The highest BCUT2D eigenvalue weighted by Crippen LogP contribution is 2.43. The van der Waals surface area contributed by atoms with Crippen molar-refractivity contribution in [2.75, 3.05) is 13.7 Å². The topological polar surface area (TPSA) is 137 Å². The number of rotatable bonds is 8. The molecule has 0 radical (unpaired) electrons. The summed E-state index contributed by atoms with van der Waals surface area (Å²) >= 11 is 0. The molecule has 0 bridgehead atoms. The lowest BCUT2D eigenvalue weighted by atomic mass is 9.91. The minimum atomic E-state index is -0.935. The Hall–Kier alpha value is -4.47. The third kappa shape index (κ3) is 4.88. The van der Waals surface area contributed by atoms with E-state index in [1.807, 2.05) is 42.5 Å². The first-order valence-corrected chi connectivity index (χ1v) is 15.2. The molecule has 7 rings (SSSR count). The Kier molecular flexibility index (Phi) is 6.99. The van der Waals surface area contributed by atoms with Crippen molar-refractivity contribution in [3.8, 4) is 5.75 Å². The standard InChI is InChI=1S/C33H35N5O5/c1-43-28-14-6-12-22-21(28)16-26(34-22)33(42)38-17-19-8-4-9-20(19)29(38)32(41)37-25(15-18-7-5-13-27(18)39)30(40)31-35-23-10-2-3-11-24(23)36-31/h2-3,6,10-12,14,16,18-20,25,29,34H,4-5,7-9,13,15,17H2,1H3,(H,35,36)(H,37,41)/t18-,19-,20-,25-,29-/m0/s1. The highest BCUT2D eigenvalue weighted by molar-refractivity contribution is 6.04. The Balaban J connectivity index is 1.18. The van der Waals surface area contributed by atoms with Gasteiger partial charge in [-0.25, -0.2) is 4.98 Å². The third-order valence-electron chi connectivity index (χ3n) is 9.70. The van der Waals surface area contributed by atoms with Gasteiger partial charge in [-0.05, 0) is 74.3 Å². The quantitative estimate of drug-likeness (QED) is 0.264. The zero-order chi connectivity index (χ0) is 29.7. The Morgan fingerprint density at radius 1 is 1.05 bits per heavy atom. The van der Waals surface area contributed by atoms with Gasteiger partial charge in [-0.2, -0.15) is 0 Å². The second-order valence-electron chi connectivity index (χ2n) is 12.2. The molecule has 5 atom stereocenters. The van der Waals surface area contributed by atoms with Gasteiger partial charge in [0.25, 0.3) is 5.91 Å². The highest BCUT2D eigenvalue weighted by Gasteiger charge is 2.50. The number of ether oxygens (including phenoxy) is 1. The first-order valence-electron chi connectivity index (χ1n) is 15.2. The van der Waals surface area contributed by atoms with Gasteiger partial charge in [0.1, 0.15) is 23.3 Å². The van der Waals surface area contributed by atoms with Crippen LogP contribution in [0.25, 0.3) is 21.9 Å². The lowest BCUT2D eigenvalue weighted by Gasteiger charge is -2.29. The fraction of sp³-hybridized carbons (Fsp3) is 0.424. The SMILES string of the molecule is COc1cccc2[nH]c(C(=O)N3C[C@@H]4CCC[C@@H]4[C@H]3C(=O)N[C@@H](C[C@@H]3CCCC3=O)C(=O)c3nc4ccccc4[nH]3)cc12. The van der Waals surface area contributed by atoms with E-state index < -0.39 is 12.1 Å². The van der Waals surface area contributed by atoms with E-state index in [1.54, 1.807) is 18.1 Å². The molecule has 10 nitrogen and oxygen atoms in total. The Labute approximate surface area is 248 Å². The monoisotopic (exact) mass is 581 g/mol. The maximum absolute atomic E-state index is 14.2. The van der Waals surface area contributed by atoms with Crippen LogP contribution in [0.3, 0.4) is 0 Å². The molecular weight excluding hydrogens is 546 g/mol. The zero-order valence-corrected chi connectivity index (χ0v) is 24.1. The van der Waals surface area contributed by atoms with Gasteiger partial charge in [0.2, 0.25) is 11.7 Å². The van der Waals surface area contributed by atoms with Gasteiger partial charge in [-0.3, -0.25) is 19.2 Å². The van der Waals surface area contributed by atoms with Crippen LogP contribution in [0.2, 0.25) is 0 Å². The number of amides is 2. The van der Waals surface area contributed by atoms with Crippen LogP contribution in [0.4, 0.5) is 0 Å². The number of ketones is 2. The van der Waals surface area contributed by atoms with E-state index in [0.29, 0.717) is 36.3 Å². The lowest BCUT2D eigenvalue weighted by Crippen LogP contribution is -2.53. The zero-order valence-electron chi connectivity index (χ0n) is 24.1. The van der Waals surface area contributed by atoms with Gasteiger partial charge in [0.05, 0.1) is 24.2 Å². The Bertz CT molecular complexity index is 1710. The number of hydrogen-bond donors (Lipinski definition) is 3. The molecule has 3 aliphatic rings. The van der Waals surface area contributed by atoms with Crippen molar-refractivity contribution in [1.29, 1.82) is 0 Å². The number of fused-ring (bicyclic) bond motifs is 3. The summed E-state index contributed by atoms with van der Waals surface area (Å²) in [5.41, 5.74) is 2.55. The maximum atomic E-state index is 14.2. The third-order valence-corrected chi connectivity index (χ3v) is 9.70. The number of nitrogens with zero attached hydrogens (tertiary/aromatic N) is 2. The van der Waals surface area contributed by atoms with Crippen LogP contribution in [0.1, 0.15) is 66.1 Å². The summed E-state index contributed by atoms with van der Waals surface area (Å²) in [5, 5.41) is 3.82. The molecule has 2 aromatic carbocycles. The second-order valence-corrected chi connectivity index (χ2v) is 12.2. The van der Waals surface area contributed by atoms with Crippen molar-refractivity contribution < 1.29 is 23.9 Å². The number of likely N-dealkylation sites (tertiary alicyclic amines) is 1. The van der Waals surface area contributed by atoms with Crippen LogP contribution in [-0.2, 0) is 9.59 Å². The van der Waals surface area contributed by atoms with E-state index in [2.05, 4.69) is 20.3 Å². The molecular formula is C33H35N5O5. The number of aromatic amines is 2. The molecule has 4 aromatic rings. The van der Waals surface area contributed by atoms with E-state index in [0.717, 1.165) is 42.1 Å². The fourth-order valence-corrected chi connectivity index (χ4v) is 7.57. The number of hydrogen-bond acceptors (Lipinski definition) is 6. The number of H-pyrrole nitrogens is 2. The number of imidazole rings is 1. The van der Waals surface area contributed by atoms with Gasteiger partial charge >= 0.3 is 0 Å². The van der Waals surface area contributed by atoms with Gasteiger partial charge in [-0.15, -0.1) is 0 Å². The Morgan fingerprint density at radius 3 is 2.67 bits per heavy atom. The average molecular weight is 582 g/mol. The number of carbonyl (C=O) groups is 4. The number of Topliss-reactive ketones (excluding diaryl/α,β-unsaturated/α-hetero) is 2. The largest absolute Gasteiger partial charge is 0.496 e. The molecule has 2 saturated carbocycles. The van der Waals surface area contributed by atoms with Crippen LogP contribution >= 0.6 is 0 Å². The molecule has 0 spiro atoms. The number of carbonyl (C=O) groups excluding carboxylic acids is 4. The fourth-order valence-electron chi connectivity index (χ4n) is 7.57. The van der Waals surface area contributed by atoms with Gasteiger partial charge in [0, 0.05) is 29.8 Å². The minimum Gasteiger partial charge on any atom is -0.496 e. The molecule has 3 heterocycles. The summed E-state index contributed by atoms with van der Waals surface area (Å²) in [6, 6.07) is 13.1. The molecule has 222 valence electrons. The van der Waals surface area contributed by atoms with Crippen LogP contribution in [0.15, 0.2) is 48.5 Å². The molecule has 2 aliphatic carbocycles. The molecule has 10 heteroatoms. The van der Waals surface area contributed by atoms with Crippen molar-refractivity contribution >= 4 is 45.3 Å². The number of methoxy groups -OCH3 is 1. The Morgan fingerprint density at radius 2 is 1.88 bits per heavy atom. The predicted molar refractivity (Wildman–Crippen MR) is 160 cm³/mol. The van der Waals surface area contributed by atoms with Crippen LogP contribution in [0, 0.1) is 17.8 Å². The summed E-state index contributed by atoms with van der Waals surface area (Å²) in [5.74, 6) is -0.0747. The molecule has 43 heavy (non-hydrogen) atoms.